The van der Waals surface area contributed by atoms with E-state index in [4.69, 9.17) is 21.4 Å². The van der Waals surface area contributed by atoms with E-state index in [1.165, 1.54) is 24.1 Å². The summed E-state index contributed by atoms with van der Waals surface area (Å²) in [5.74, 6) is -2.33. The van der Waals surface area contributed by atoms with Gasteiger partial charge in [0.1, 0.15) is 12.4 Å². The Morgan fingerprint density at radius 3 is 2.84 bits per heavy atom. The van der Waals surface area contributed by atoms with Crippen LogP contribution < -0.4 is 0 Å². The van der Waals surface area contributed by atoms with Crippen LogP contribution in [-0.4, -0.2) is 41.6 Å². The molecule has 1 aliphatic rings. The SMILES string of the molecule is CN1C(=O)COC(C(=O)O)C1c1ccc(Cl)cc1F. The molecule has 1 aromatic carbocycles. The fourth-order valence-corrected chi connectivity index (χ4v) is 2.19. The number of ether oxygens (including phenoxy) is 1. The molecule has 2 rings (SSSR count). The minimum absolute atomic E-state index is 0.0624. The first-order chi connectivity index (χ1) is 8.91. The van der Waals surface area contributed by atoms with E-state index < -0.39 is 29.8 Å². The standard InChI is InChI=1S/C12H11ClFNO4/c1-15-9(16)5-19-11(12(17)18)10(15)7-3-2-6(13)4-8(7)14/h2-4,10-11H,5H2,1H3,(H,17,18). The molecule has 0 bridgehead atoms. The van der Waals surface area contributed by atoms with Crippen molar-refractivity contribution in [3.8, 4) is 0 Å². The quantitative estimate of drug-likeness (QED) is 0.894. The molecule has 0 saturated carbocycles. The smallest absolute Gasteiger partial charge is 0.335 e. The van der Waals surface area contributed by atoms with Crippen LogP contribution in [0.1, 0.15) is 11.6 Å². The van der Waals surface area contributed by atoms with Crippen molar-refractivity contribution in [3.05, 3.63) is 34.6 Å². The number of carboxylic acid groups (broad SMARTS) is 1. The van der Waals surface area contributed by atoms with Crippen LogP contribution in [-0.2, 0) is 14.3 Å². The fourth-order valence-electron chi connectivity index (χ4n) is 2.03. The second-order valence-corrected chi connectivity index (χ2v) is 4.62. The lowest BCUT2D eigenvalue weighted by atomic mass is 9.98. The number of likely N-dealkylation sites (N-methyl/N-ethyl adjacent to an activating group) is 1. The number of aliphatic carboxylic acids is 1. The Labute approximate surface area is 113 Å². The Hall–Kier alpha value is -1.66. The van der Waals surface area contributed by atoms with Gasteiger partial charge in [-0.3, -0.25) is 4.79 Å². The van der Waals surface area contributed by atoms with Gasteiger partial charge in [0.2, 0.25) is 5.91 Å². The van der Waals surface area contributed by atoms with Crippen LogP contribution in [0.2, 0.25) is 5.02 Å². The van der Waals surface area contributed by atoms with Gasteiger partial charge in [0.15, 0.2) is 6.10 Å². The molecule has 1 amide bonds. The van der Waals surface area contributed by atoms with Crippen LogP contribution in [0.15, 0.2) is 18.2 Å². The number of halogens is 2. The lowest BCUT2D eigenvalue weighted by molar-refractivity contribution is -0.171. The molecule has 0 aliphatic carbocycles. The topological polar surface area (TPSA) is 66.8 Å². The average Bonchev–Trinajstić information content (AvgIpc) is 2.33. The highest BCUT2D eigenvalue weighted by Crippen LogP contribution is 2.31. The molecule has 1 aromatic rings. The van der Waals surface area contributed by atoms with Crippen LogP contribution in [0.3, 0.4) is 0 Å². The van der Waals surface area contributed by atoms with Crippen molar-refractivity contribution in [3.63, 3.8) is 0 Å². The highest BCUT2D eigenvalue weighted by molar-refractivity contribution is 6.30. The molecule has 2 unspecified atom stereocenters. The fraction of sp³-hybridized carbons (Fsp3) is 0.333. The number of benzene rings is 1. The van der Waals surface area contributed by atoms with Crippen LogP contribution in [0, 0.1) is 5.82 Å². The maximum Gasteiger partial charge on any atom is 0.335 e. The van der Waals surface area contributed by atoms with Crippen LogP contribution >= 0.6 is 11.6 Å². The maximum atomic E-state index is 13.9. The minimum atomic E-state index is -1.31. The van der Waals surface area contributed by atoms with Gasteiger partial charge < -0.3 is 14.7 Å². The second-order valence-electron chi connectivity index (χ2n) is 4.19. The van der Waals surface area contributed by atoms with Crippen molar-refractivity contribution in [2.45, 2.75) is 12.1 Å². The minimum Gasteiger partial charge on any atom is -0.479 e. The Bertz CT molecular complexity index is 536. The Kier molecular flexibility index (Phi) is 3.73. The molecule has 1 heterocycles. The largest absolute Gasteiger partial charge is 0.479 e. The Morgan fingerprint density at radius 2 is 2.26 bits per heavy atom. The molecule has 5 nitrogen and oxygen atoms in total. The number of rotatable bonds is 2. The number of carbonyl (C=O) groups excluding carboxylic acids is 1. The number of carbonyl (C=O) groups is 2. The van der Waals surface area contributed by atoms with Crippen molar-refractivity contribution in [2.24, 2.45) is 0 Å². The molecule has 1 saturated heterocycles. The van der Waals surface area contributed by atoms with Crippen LogP contribution in [0.25, 0.3) is 0 Å². The number of carboxylic acids is 1. The van der Waals surface area contributed by atoms with Gasteiger partial charge in [-0.15, -0.1) is 0 Å². The molecule has 0 spiro atoms. The molecule has 2 atom stereocenters. The molecular weight excluding hydrogens is 277 g/mol. The molecule has 0 aromatic heterocycles. The van der Waals surface area contributed by atoms with Crippen LogP contribution in [0.5, 0.6) is 0 Å². The van der Waals surface area contributed by atoms with Gasteiger partial charge in [-0.25, -0.2) is 9.18 Å². The molecule has 1 fully saturated rings. The van der Waals surface area contributed by atoms with Gasteiger partial charge in [0, 0.05) is 17.6 Å². The van der Waals surface area contributed by atoms with Crippen molar-refractivity contribution < 1.29 is 23.8 Å². The normalized spacial score (nSPS) is 23.5. The highest BCUT2D eigenvalue weighted by atomic mass is 35.5. The first-order valence-corrected chi connectivity index (χ1v) is 5.84. The summed E-state index contributed by atoms with van der Waals surface area (Å²) in [6.07, 6.45) is -1.31. The first kappa shape index (κ1) is 13.8. The summed E-state index contributed by atoms with van der Waals surface area (Å²) >= 11 is 5.65. The van der Waals surface area contributed by atoms with E-state index in [9.17, 15) is 14.0 Å². The third-order valence-electron chi connectivity index (χ3n) is 3.01. The van der Waals surface area contributed by atoms with Gasteiger partial charge in [0.25, 0.3) is 0 Å². The zero-order chi connectivity index (χ0) is 14.2. The summed E-state index contributed by atoms with van der Waals surface area (Å²) in [5, 5.41) is 9.30. The monoisotopic (exact) mass is 287 g/mol. The maximum absolute atomic E-state index is 13.9. The van der Waals surface area contributed by atoms with Crippen molar-refractivity contribution in [2.75, 3.05) is 13.7 Å². The molecular formula is C12H11ClFNO4. The highest BCUT2D eigenvalue weighted by Gasteiger charge is 2.41. The van der Waals surface area contributed by atoms with Gasteiger partial charge in [-0.2, -0.15) is 0 Å². The van der Waals surface area contributed by atoms with E-state index in [0.717, 1.165) is 6.07 Å². The molecule has 1 N–H and O–H groups in total. The number of hydrogen-bond acceptors (Lipinski definition) is 3. The molecule has 19 heavy (non-hydrogen) atoms. The van der Waals surface area contributed by atoms with E-state index >= 15 is 0 Å². The van der Waals surface area contributed by atoms with Gasteiger partial charge in [-0.1, -0.05) is 17.7 Å². The molecule has 7 heteroatoms. The summed E-state index contributed by atoms with van der Waals surface area (Å²) in [5.41, 5.74) is 0.0624. The average molecular weight is 288 g/mol. The van der Waals surface area contributed by atoms with Gasteiger partial charge >= 0.3 is 5.97 Å². The van der Waals surface area contributed by atoms with E-state index in [2.05, 4.69) is 0 Å². The third-order valence-corrected chi connectivity index (χ3v) is 3.24. The van der Waals surface area contributed by atoms with Crippen LogP contribution in [0.4, 0.5) is 4.39 Å². The second kappa shape index (κ2) is 5.14. The van der Waals surface area contributed by atoms with E-state index in [0.29, 0.717) is 0 Å². The summed E-state index contributed by atoms with van der Waals surface area (Å²) in [4.78, 5) is 23.9. The number of amides is 1. The zero-order valence-electron chi connectivity index (χ0n) is 9.97. The van der Waals surface area contributed by atoms with E-state index in [-0.39, 0.29) is 17.2 Å². The van der Waals surface area contributed by atoms with E-state index in [1.807, 2.05) is 0 Å². The Morgan fingerprint density at radius 1 is 1.58 bits per heavy atom. The first-order valence-electron chi connectivity index (χ1n) is 5.47. The van der Waals surface area contributed by atoms with Crippen molar-refractivity contribution in [1.82, 2.24) is 4.90 Å². The lowest BCUT2D eigenvalue weighted by Gasteiger charge is -2.37. The summed E-state index contributed by atoms with van der Waals surface area (Å²) in [7, 11) is 1.42. The molecule has 0 radical (unpaired) electrons. The third kappa shape index (κ3) is 2.54. The molecule has 1 aliphatic heterocycles. The molecule has 102 valence electrons. The number of morpholine rings is 1. The Balaban J connectivity index is 2.46. The van der Waals surface area contributed by atoms with Gasteiger partial charge in [-0.05, 0) is 12.1 Å². The summed E-state index contributed by atoms with van der Waals surface area (Å²) in [6, 6.07) is 2.85. The predicted octanol–water partition coefficient (Wildman–Crippen LogP) is 1.46. The van der Waals surface area contributed by atoms with Crippen molar-refractivity contribution >= 4 is 23.5 Å². The lowest BCUT2D eigenvalue weighted by Crippen LogP contribution is -2.50. The number of nitrogens with zero attached hydrogens (tertiary/aromatic N) is 1. The summed E-state index contributed by atoms with van der Waals surface area (Å²) < 4.78 is 18.9. The predicted molar refractivity (Wildman–Crippen MR) is 64.3 cm³/mol. The number of hydrogen-bond donors (Lipinski definition) is 1. The van der Waals surface area contributed by atoms with E-state index in [1.54, 1.807) is 0 Å². The summed E-state index contributed by atoms with van der Waals surface area (Å²) in [6.45, 7) is -0.334. The van der Waals surface area contributed by atoms with Crippen molar-refractivity contribution in [1.29, 1.82) is 0 Å². The zero-order valence-corrected chi connectivity index (χ0v) is 10.7. The van der Waals surface area contributed by atoms with Gasteiger partial charge in [0.05, 0.1) is 6.04 Å².